The number of pyridine rings is 1. The fraction of sp³-hybridized carbons (Fsp3) is 0.643. The van der Waals surface area contributed by atoms with Crippen LogP contribution in [0.25, 0.3) is 10.9 Å². The number of hydrogen-bond donors (Lipinski definition) is 0. The van der Waals surface area contributed by atoms with Crippen molar-refractivity contribution in [2.24, 2.45) is 16.7 Å². The first kappa shape index (κ1) is 25.9. The quantitative estimate of drug-likeness (QED) is 0.390. The number of carbonyl (C=O) groups is 1. The second kappa shape index (κ2) is 8.91. The summed E-state index contributed by atoms with van der Waals surface area (Å²) in [6, 6.07) is 12.6. The van der Waals surface area contributed by atoms with E-state index in [0.29, 0.717) is 5.92 Å². The fourth-order valence-corrected chi connectivity index (χ4v) is 13.1. The number of hydrogen-bond acceptors (Lipinski definition) is 5. The van der Waals surface area contributed by atoms with E-state index >= 15 is 0 Å². The van der Waals surface area contributed by atoms with Crippen molar-refractivity contribution < 1.29 is 17.6 Å². The number of nitrogens with zero attached hydrogens (tertiary/aromatic N) is 2. The number of amides is 1. The van der Waals surface area contributed by atoms with E-state index < -0.39 is 24.4 Å². The van der Waals surface area contributed by atoms with Gasteiger partial charge >= 0.3 is 0 Å². The van der Waals surface area contributed by atoms with Crippen LogP contribution in [-0.2, 0) is 19.2 Å². The van der Waals surface area contributed by atoms with Crippen molar-refractivity contribution in [1.82, 2.24) is 9.29 Å². The average Bonchev–Trinajstić information content (AvgIpc) is 3.34. The molecule has 3 fully saturated rings. The molecular weight excluding hydrogens is 488 g/mol. The summed E-state index contributed by atoms with van der Waals surface area (Å²) in [6.45, 7) is 11.0. The molecule has 1 aromatic carbocycles. The molecule has 36 heavy (non-hydrogen) atoms. The van der Waals surface area contributed by atoms with Crippen LogP contribution in [0.15, 0.2) is 36.5 Å². The molecule has 2 aromatic rings. The van der Waals surface area contributed by atoms with Crippen LogP contribution in [0.3, 0.4) is 0 Å². The van der Waals surface area contributed by atoms with Gasteiger partial charge in [0.2, 0.25) is 15.9 Å². The highest BCUT2D eigenvalue weighted by Crippen LogP contribution is 2.70. The first-order valence-electron chi connectivity index (χ1n) is 13.6. The summed E-state index contributed by atoms with van der Waals surface area (Å²) in [5.41, 5.74) is 1.45. The molecule has 1 aliphatic heterocycles. The molecule has 196 valence electrons. The van der Waals surface area contributed by atoms with Gasteiger partial charge in [-0.2, -0.15) is 0 Å². The van der Waals surface area contributed by atoms with Crippen LogP contribution in [0.5, 0.6) is 0 Å². The van der Waals surface area contributed by atoms with Crippen LogP contribution in [0.1, 0.15) is 72.0 Å². The zero-order valence-corrected chi connectivity index (χ0v) is 24.1. The lowest BCUT2D eigenvalue weighted by Crippen LogP contribution is -2.45. The van der Waals surface area contributed by atoms with Gasteiger partial charge in [-0.3, -0.25) is 9.78 Å². The van der Waals surface area contributed by atoms with E-state index in [9.17, 15) is 13.2 Å². The molecule has 1 saturated heterocycles. The number of aromatic nitrogens is 1. The summed E-state index contributed by atoms with van der Waals surface area (Å²) in [5.74, 6) is 0.279. The number of fused-ring (bicyclic) bond motifs is 2. The van der Waals surface area contributed by atoms with Crippen LogP contribution >= 0.6 is 0 Å². The third-order valence-electron chi connectivity index (χ3n) is 10.3. The first-order valence-corrected chi connectivity index (χ1v) is 17.7. The van der Waals surface area contributed by atoms with Gasteiger partial charge in [0, 0.05) is 17.0 Å². The summed E-state index contributed by atoms with van der Waals surface area (Å²) in [6.07, 6.45) is 4.11. The van der Waals surface area contributed by atoms with Crippen molar-refractivity contribution in [3.63, 3.8) is 0 Å². The monoisotopic (exact) mass is 528 g/mol. The van der Waals surface area contributed by atoms with Gasteiger partial charge in [-0.1, -0.05) is 46.8 Å². The molecule has 8 heteroatoms. The minimum Gasteiger partial charge on any atom is -0.409 e. The summed E-state index contributed by atoms with van der Waals surface area (Å²) in [4.78, 5) is 18.4. The predicted octanol–water partition coefficient (Wildman–Crippen LogP) is 6.05. The maximum absolute atomic E-state index is 14.0. The van der Waals surface area contributed by atoms with Gasteiger partial charge < -0.3 is 4.43 Å². The van der Waals surface area contributed by atoms with Crippen molar-refractivity contribution in [3.8, 4) is 0 Å². The van der Waals surface area contributed by atoms with Crippen molar-refractivity contribution >= 4 is 35.2 Å². The molecule has 2 aliphatic carbocycles. The van der Waals surface area contributed by atoms with Crippen LogP contribution in [-0.4, -0.2) is 43.7 Å². The Labute approximate surface area is 217 Å². The second-order valence-electron chi connectivity index (χ2n) is 11.8. The molecule has 2 bridgehead atoms. The van der Waals surface area contributed by atoms with Gasteiger partial charge in [0.05, 0.1) is 29.8 Å². The van der Waals surface area contributed by atoms with E-state index in [1.807, 2.05) is 24.3 Å². The standard InChI is InChI=1S/C28H40N2O4SSi/c1-6-36(7-2,8-3)34-24(21-11-12-23-20(16-21)10-9-15-29-23)18-26(31)30-25-17-22-13-14-28(25,27(22,4)5)19-35(30,32)33/h9-12,15-16,22,24-25H,6-8,13-14,17-19H2,1-5H3/t22?,24?,25-,28?/m1/s1. The van der Waals surface area contributed by atoms with Crippen LogP contribution < -0.4 is 0 Å². The Bertz CT molecular complexity index is 1270. The van der Waals surface area contributed by atoms with Gasteiger partial charge in [-0.15, -0.1) is 0 Å². The summed E-state index contributed by atoms with van der Waals surface area (Å²) in [7, 11) is -5.73. The third kappa shape index (κ3) is 3.78. The van der Waals surface area contributed by atoms with Gasteiger partial charge in [0.25, 0.3) is 0 Å². The van der Waals surface area contributed by atoms with E-state index in [1.165, 1.54) is 4.31 Å². The van der Waals surface area contributed by atoms with E-state index in [2.05, 4.69) is 45.7 Å². The Balaban J connectivity index is 1.50. The topological polar surface area (TPSA) is 76.6 Å². The Morgan fingerprint density at radius 1 is 1.19 bits per heavy atom. The Hall–Kier alpha value is -1.77. The molecule has 2 saturated carbocycles. The van der Waals surface area contributed by atoms with Crippen molar-refractivity contribution in [2.45, 2.75) is 90.6 Å². The highest BCUT2D eigenvalue weighted by atomic mass is 32.2. The van der Waals surface area contributed by atoms with Gasteiger partial charge in [-0.25, -0.2) is 12.7 Å². The Morgan fingerprint density at radius 2 is 1.92 bits per heavy atom. The van der Waals surface area contributed by atoms with Crippen molar-refractivity contribution in [3.05, 3.63) is 42.1 Å². The molecule has 0 radical (unpaired) electrons. The van der Waals surface area contributed by atoms with E-state index in [-0.39, 0.29) is 35.0 Å². The maximum atomic E-state index is 14.0. The number of benzene rings is 1. The summed E-state index contributed by atoms with van der Waals surface area (Å²) < 4.78 is 35.2. The highest BCUT2D eigenvalue weighted by Gasteiger charge is 2.72. The Kier molecular flexibility index (Phi) is 6.40. The maximum Gasteiger partial charge on any atom is 0.239 e. The first-order chi connectivity index (χ1) is 17.0. The third-order valence-corrected chi connectivity index (χ3v) is 16.9. The summed E-state index contributed by atoms with van der Waals surface area (Å²) >= 11 is 0. The highest BCUT2D eigenvalue weighted by molar-refractivity contribution is 7.90. The zero-order valence-electron chi connectivity index (χ0n) is 22.3. The molecule has 2 heterocycles. The lowest BCUT2D eigenvalue weighted by Gasteiger charge is -2.37. The summed E-state index contributed by atoms with van der Waals surface area (Å²) in [5, 5.41) is 0.996. The smallest absolute Gasteiger partial charge is 0.239 e. The molecule has 3 aliphatic rings. The van der Waals surface area contributed by atoms with E-state index in [0.717, 1.165) is 53.9 Å². The number of carbonyl (C=O) groups excluding carboxylic acids is 1. The molecule has 4 atom stereocenters. The van der Waals surface area contributed by atoms with Crippen LogP contribution in [0.2, 0.25) is 18.1 Å². The predicted molar refractivity (Wildman–Crippen MR) is 145 cm³/mol. The van der Waals surface area contributed by atoms with Crippen LogP contribution in [0, 0.1) is 16.7 Å². The molecule has 1 amide bonds. The lowest BCUT2D eigenvalue weighted by molar-refractivity contribution is -0.130. The lowest BCUT2D eigenvalue weighted by atomic mass is 9.69. The normalized spacial score (nSPS) is 29.0. The minimum absolute atomic E-state index is 0.0530. The second-order valence-corrected chi connectivity index (χ2v) is 18.4. The van der Waals surface area contributed by atoms with Crippen LogP contribution in [0.4, 0.5) is 0 Å². The SMILES string of the molecule is CC[Si](CC)(CC)OC(CC(=O)N1[C@@H]2CC3CCC2(CS1(=O)=O)C3(C)C)c1ccc2ncccc2c1. The minimum atomic E-state index is -3.65. The molecule has 3 unspecified atom stereocenters. The van der Waals surface area contributed by atoms with Crippen molar-refractivity contribution in [1.29, 1.82) is 0 Å². The Morgan fingerprint density at radius 3 is 2.58 bits per heavy atom. The molecule has 6 nitrogen and oxygen atoms in total. The number of sulfonamides is 1. The van der Waals surface area contributed by atoms with Gasteiger partial charge in [-0.05, 0) is 72.5 Å². The average molecular weight is 529 g/mol. The zero-order chi connectivity index (χ0) is 25.9. The van der Waals surface area contributed by atoms with Gasteiger partial charge in [0.1, 0.15) is 0 Å². The molecule has 1 spiro atoms. The van der Waals surface area contributed by atoms with E-state index in [1.54, 1.807) is 6.20 Å². The molecule has 5 rings (SSSR count). The molecular formula is C28H40N2O4SSi. The molecule has 1 aromatic heterocycles. The fourth-order valence-electron chi connectivity index (χ4n) is 7.69. The van der Waals surface area contributed by atoms with Crippen molar-refractivity contribution in [2.75, 3.05) is 5.75 Å². The van der Waals surface area contributed by atoms with Gasteiger partial charge in [0.15, 0.2) is 8.32 Å². The largest absolute Gasteiger partial charge is 0.409 e. The van der Waals surface area contributed by atoms with E-state index in [4.69, 9.17) is 4.43 Å². The number of rotatable bonds is 8. The molecule has 0 N–H and O–H groups in total.